The maximum atomic E-state index is 3.63. The van der Waals surface area contributed by atoms with Crippen molar-refractivity contribution in [2.45, 2.75) is 26.7 Å². The van der Waals surface area contributed by atoms with E-state index in [1.54, 1.807) is 0 Å². The van der Waals surface area contributed by atoms with Crippen LogP contribution in [0.15, 0.2) is 36.9 Å². The van der Waals surface area contributed by atoms with E-state index < -0.39 is 0 Å². The van der Waals surface area contributed by atoms with Crippen LogP contribution in [-0.2, 0) is 0 Å². The largest absolute Gasteiger partial charge is 0.0985 e. The number of hydrogen-bond acceptors (Lipinski definition) is 0. The molecule has 0 heteroatoms. The van der Waals surface area contributed by atoms with E-state index in [0.29, 0.717) is 0 Å². The minimum atomic E-state index is 1.17. The lowest BCUT2D eigenvalue weighted by Crippen LogP contribution is -1.63. The molecule has 1 aromatic rings. The van der Waals surface area contributed by atoms with Crippen molar-refractivity contribution in [1.29, 1.82) is 0 Å². The summed E-state index contributed by atoms with van der Waals surface area (Å²) in [7, 11) is 0. The van der Waals surface area contributed by atoms with Crippen molar-refractivity contribution in [1.82, 2.24) is 0 Å². The Morgan fingerprint density at radius 3 is 1.83 bits per heavy atom. The van der Waals surface area contributed by atoms with Crippen molar-refractivity contribution in [3.63, 3.8) is 0 Å². The summed E-state index contributed by atoms with van der Waals surface area (Å²) in [4.78, 5) is 0. The molecule has 0 amide bonds. The third kappa shape index (κ3) is 5.72. The molecule has 0 aliphatic carbocycles. The van der Waals surface area contributed by atoms with E-state index in [9.17, 15) is 0 Å². The minimum absolute atomic E-state index is 1.17. The Hall–Kier alpha value is -1.04. The van der Waals surface area contributed by atoms with E-state index >= 15 is 0 Å². The zero-order chi connectivity index (χ0) is 9.23. The predicted molar refractivity (Wildman–Crippen MR) is 57.1 cm³/mol. The molecule has 0 radical (unpaired) electrons. The first kappa shape index (κ1) is 11.0. The zero-order valence-electron chi connectivity index (χ0n) is 8.09. The summed E-state index contributed by atoms with van der Waals surface area (Å²) in [5.41, 5.74) is 1.17. The van der Waals surface area contributed by atoms with E-state index in [4.69, 9.17) is 0 Å². The molecule has 0 nitrogen and oxygen atoms in total. The van der Waals surface area contributed by atoms with Crippen LogP contribution < -0.4 is 0 Å². The summed E-state index contributed by atoms with van der Waals surface area (Å²) >= 11 is 0. The lowest BCUT2D eigenvalue weighted by atomic mass is 10.2. The quantitative estimate of drug-likeness (QED) is 0.613. The SMILES string of the molecule is C=Cc1ccccc1.CCCC. The standard InChI is InChI=1S/C8H8.C4H10/c1-2-8-6-4-3-5-7-8;1-3-4-2/h2-7H,1H2;3-4H2,1-2H3. The van der Waals surface area contributed by atoms with Gasteiger partial charge in [-0.05, 0) is 5.56 Å². The maximum Gasteiger partial charge on any atom is -0.0263 e. The van der Waals surface area contributed by atoms with Crippen molar-refractivity contribution >= 4 is 6.08 Å². The average molecular weight is 162 g/mol. The van der Waals surface area contributed by atoms with Crippen LogP contribution in [0.2, 0.25) is 0 Å². The molecule has 0 unspecified atom stereocenters. The van der Waals surface area contributed by atoms with Crippen LogP contribution >= 0.6 is 0 Å². The highest BCUT2D eigenvalue weighted by atomic mass is 13.8. The van der Waals surface area contributed by atoms with Crippen molar-refractivity contribution in [3.8, 4) is 0 Å². The van der Waals surface area contributed by atoms with Crippen molar-refractivity contribution in [2.75, 3.05) is 0 Å². The summed E-state index contributed by atoms with van der Waals surface area (Å²) in [6.45, 7) is 7.99. The first-order valence-corrected chi connectivity index (χ1v) is 4.52. The van der Waals surface area contributed by atoms with Gasteiger partial charge in [0, 0.05) is 0 Å². The Kier molecular flexibility index (Phi) is 7.36. The second-order valence-electron chi connectivity index (χ2n) is 2.61. The highest BCUT2D eigenvalue weighted by Crippen LogP contribution is 1.97. The van der Waals surface area contributed by atoms with Gasteiger partial charge in [0.15, 0.2) is 0 Å². The third-order valence-electron chi connectivity index (χ3n) is 1.54. The molecule has 1 rings (SSSR count). The summed E-state index contributed by atoms with van der Waals surface area (Å²) in [5, 5.41) is 0. The van der Waals surface area contributed by atoms with Gasteiger partial charge in [-0.1, -0.05) is 69.7 Å². The van der Waals surface area contributed by atoms with Gasteiger partial charge in [0.05, 0.1) is 0 Å². The van der Waals surface area contributed by atoms with E-state index in [-0.39, 0.29) is 0 Å². The van der Waals surface area contributed by atoms with Gasteiger partial charge in [-0.15, -0.1) is 0 Å². The molecular formula is C12H18. The van der Waals surface area contributed by atoms with Crippen LogP contribution in [0.25, 0.3) is 6.08 Å². The van der Waals surface area contributed by atoms with E-state index in [0.717, 1.165) is 0 Å². The maximum absolute atomic E-state index is 3.63. The first-order chi connectivity index (χ1) is 5.85. The Bertz CT molecular complexity index is 184. The second-order valence-corrected chi connectivity index (χ2v) is 2.61. The number of benzene rings is 1. The van der Waals surface area contributed by atoms with Crippen LogP contribution in [-0.4, -0.2) is 0 Å². The topological polar surface area (TPSA) is 0 Å². The molecule has 0 saturated carbocycles. The Labute approximate surface area is 75.9 Å². The summed E-state index contributed by atoms with van der Waals surface area (Å²) in [6, 6.07) is 10.0. The van der Waals surface area contributed by atoms with Gasteiger partial charge in [0.25, 0.3) is 0 Å². The molecule has 0 aliphatic rings. The monoisotopic (exact) mass is 162 g/mol. The molecule has 0 N–H and O–H groups in total. The van der Waals surface area contributed by atoms with Crippen LogP contribution in [0.3, 0.4) is 0 Å². The molecule has 0 heterocycles. The van der Waals surface area contributed by atoms with E-state index in [2.05, 4.69) is 20.4 Å². The van der Waals surface area contributed by atoms with Crippen molar-refractivity contribution < 1.29 is 0 Å². The summed E-state index contributed by atoms with van der Waals surface area (Å²) in [6.07, 6.45) is 4.47. The van der Waals surface area contributed by atoms with Crippen molar-refractivity contribution in [3.05, 3.63) is 42.5 Å². The summed E-state index contributed by atoms with van der Waals surface area (Å²) in [5.74, 6) is 0. The van der Waals surface area contributed by atoms with Gasteiger partial charge >= 0.3 is 0 Å². The van der Waals surface area contributed by atoms with E-state index in [1.807, 2.05) is 36.4 Å². The van der Waals surface area contributed by atoms with Gasteiger partial charge in [-0.2, -0.15) is 0 Å². The number of rotatable bonds is 2. The molecule has 66 valence electrons. The molecule has 0 bridgehead atoms. The van der Waals surface area contributed by atoms with Gasteiger partial charge in [0.1, 0.15) is 0 Å². The lowest BCUT2D eigenvalue weighted by molar-refractivity contribution is 0.886. The van der Waals surface area contributed by atoms with Gasteiger partial charge in [-0.25, -0.2) is 0 Å². The van der Waals surface area contributed by atoms with Crippen molar-refractivity contribution in [2.24, 2.45) is 0 Å². The van der Waals surface area contributed by atoms with Gasteiger partial charge < -0.3 is 0 Å². The lowest BCUT2D eigenvalue weighted by Gasteiger charge is -1.85. The Morgan fingerprint density at radius 1 is 1.08 bits per heavy atom. The van der Waals surface area contributed by atoms with Crippen LogP contribution in [0.1, 0.15) is 32.3 Å². The molecule has 1 aromatic carbocycles. The molecular weight excluding hydrogens is 144 g/mol. The fourth-order valence-corrected chi connectivity index (χ4v) is 0.589. The average Bonchev–Trinajstić information content (AvgIpc) is 2.19. The molecule has 0 spiro atoms. The predicted octanol–water partition coefficient (Wildman–Crippen LogP) is 4.14. The van der Waals surface area contributed by atoms with Crippen LogP contribution in [0.4, 0.5) is 0 Å². The fourth-order valence-electron chi connectivity index (χ4n) is 0.589. The first-order valence-electron chi connectivity index (χ1n) is 4.52. The number of hydrogen-bond donors (Lipinski definition) is 0. The fraction of sp³-hybridized carbons (Fsp3) is 0.333. The van der Waals surface area contributed by atoms with Crippen LogP contribution in [0, 0.1) is 0 Å². The zero-order valence-corrected chi connectivity index (χ0v) is 8.09. The summed E-state index contributed by atoms with van der Waals surface area (Å²) < 4.78 is 0. The smallest absolute Gasteiger partial charge is 0.0263 e. The molecule has 0 fully saturated rings. The highest BCUT2D eigenvalue weighted by Gasteiger charge is 1.75. The van der Waals surface area contributed by atoms with Gasteiger partial charge in [0.2, 0.25) is 0 Å². The van der Waals surface area contributed by atoms with Gasteiger partial charge in [-0.3, -0.25) is 0 Å². The number of unbranched alkanes of at least 4 members (excludes halogenated alkanes) is 1. The Balaban J connectivity index is 0.000000261. The second kappa shape index (κ2) is 8.06. The third-order valence-corrected chi connectivity index (χ3v) is 1.54. The molecule has 0 aliphatic heterocycles. The molecule has 0 aromatic heterocycles. The normalized spacial score (nSPS) is 8.17. The highest BCUT2D eigenvalue weighted by molar-refractivity contribution is 5.45. The Morgan fingerprint density at radius 2 is 1.58 bits per heavy atom. The molecule has 0 saturated heterocycles. The molecule has 12 heavy (non-hydrogen) atoms. The van der Waals surface area contributed by atoms with E-state index in [1.165, 1.54) is 18.4 Å². The minimum Gasteiger partial charge on any atom is -0.0985 e. The van der Waals surface area contributed by atoms with Crippen LogP contribution in [0.5, 0.6) is 0 Å². The molecule has 0 atom stereocenters.